The van der Waals surface area contributed by atoms with Crippen LogP contribution in [0, 0.1) is 0 Å². The van der Waals surface area contributed by atoms with Crippen LogP contribution in [0.15, 0.2) is 36.0 Å². The number of thiophene rings is 1. The van der Waals surface area contributed by atoms with Gasteiger partial charge in [-0.05, 0) is 17.5 Å². The van der Waals surface area contributed by atoms with E-state index in [1.54, 1.807) is 12.4 Å². The lowest BCUT2D eigenvalue weighted by atomic mass is 10.2. The van der Waals surface area contributed by atoms with Crippen LogP contribution in [-0.4, -0.2) is 60.0 Å². The monoisotopic (exact) mass is 358 g/mol. The molecule has 2 aromatic rings. The molecule has 2 aliphatic rings. The van der Waals surface area contributed by atoms with Gasteiger partial charge in [0.1, 0.15) is 6.04 Å². The molecule has 1 amide bonds. The van der Waals surface area contributed by atoms with Crippen LogP contribution in [-0.2, 0) is 4.79 Å². The van der Waals surface area contributed by atoms with Crippen LogP contribution < -0.4 is 9.80 Å². The Morgan fingerprint density at radius 2 is 2.00 bits per heavy atom. The fourth-order valence-electron chi connectivity index (χ4n) is 3.87. The Labute approximate surface area is 152 Å². The molecule has 2 saturated heterocycles. The Morgan fingerprint density at radius 1 is 1.20 bits per heavy atom. The Hall–Kier alpha value is -1.99. The highest BCUT2D eigenvalue weighted by molar-refractivity contribution is 7.10. The number of likely N-dealkylation sites (tertiary alicyclic amines) is 1. The summed E-state index contributed by atoms with van der Waals surface area (Å²) in [6, 6.07) is 6.65. The van der Waals surface area contributed by atoms with Crippen molar-refractivity contribution < 1.29 is 9.69 Å². The molecule has 4 rings (SSSR count). The summed E-state index contributed by atoms with van der Waals surface area (Å²) in [4.78, 5) is 28.4. The minimum atomic E-state index is 0.284. The fraction of sp³-hybridized carbons (Fsp3) is 0.500. The molecule has 2 atom stereocenters. The molecule has 0 radical (unpaired) electrons. The number of amides is 1. The van der Waals surface area contributed by atoms with Gasteiger partial charge in [0.2, 0.25) is 5.95 Å². The van der Waals surface area contributed by atoms with Gasteiger partial charge < -0.3 is 14.7 Å². The third-order valence-corrected chi connectivity index (χ3v) is 6.20. The van der Waals surface area contributed by atoms with Gasteiger partial charge in [0.05, 0.1) is 11.4 Å². The minimum Gasteiger partial charge on any atom is -0.337 e. The van der Waals surface area contributed by atoms with E-state index < -0.39 is 0 Å². The van der Waals surface area contributed by atoms with E-state index in [4.69, 9.17) is 0 Å². The zero-order valence-corrected chi connectivity index (χ0v) is 15.1. The smallest absolute Gasteiger partial charge is 0.277 e. The highest BCUT2D eigenvalue weighted by Crippen LogP contribution is 2.23. The molecule has 0 aromatic carbocycles. The Bertz CT molecular complexity index is 685. The molecule has 0 aliphatic carbocycles. The van der Waals surface area contributed by atoms with Crippen LogP contribution in [0.1, 0.15) is 23.8 Å². The highest BCUT2D eigenvalue weighted by atomic mass is 32.1. The predicted octanol–water partition coefficient (Wildman–Crippen LogP) is 0.607. The van der Waals surface area contributed by atoms with E-state index in [-0.39, 0.29) is 5.91 Å². The van der Waals surface area contributed by atoms with Gasteiger partial charge in [0, 0.05) is 51.4 Å². The normalized spacial score (nSPS) is 23.8. The molecule has 2 aromatic heterocycles. The summed E-state index contributed by atoms with van der Waals surface area (Å²) in [5, 5.41) is 2.14. The van der Waals surface area contributed by atoms with Gasteiger partial charge in [-0.25, -0.2) is 9.97 Å². The molecular formula is C18H24N5OS+. The lowest BCUT2D eigenvalue weighted by Crippen LogP contribution is -3.11. The molecule has 2 aliphatic heterocycles. The molecule has 6 nitrogen and oxygen atoms in total. The van der Waals surface area contributed by atoms with Gasteiger partial charge in [-0.15, -0.1) is 11.3 Å². The molecule has 2 fully saturated rings. The second-order valence-corrected chi connectivity index (χ2v) is 7.69. The maximum absolute atomic E-state index is 12.8. The van der Waals surface area contributed by atoms with Crippen molar-refractivity contribution in [3.05, 3.63) is 40.8 Å². The third kappa shape index (κ3) is 3.67. The molecule has 132 valence electrons. The number of nitrogens with one attached hydrogen (secondary N) is 1. The maximum Gasteiger partial charge on any atom is 0.277 e. The molecule has 1 N–H and O–H groups in total. The zero-order valence-electron chi connectivity index (χ0n) is 14.3. The Kier molecular flexibility index (Phi) is 4.94. The van der Waals surface area contributed by atoms with Crippen molar-refractivity contribution in [2.45, 2.75) is 18.9 Å². The summed E-state index contributed by atoms with van der Waals surface area (Å²) < 4.78 is 0. The fourth-order valence-corrected chi connectivity index (χ4v) is 4.79. The van der Waals surface area contributed by atoms with E-state index in [9.17, 15) is 4.79 Å². The molecule has 0 bridgehead atoms. The number of piperazine rings is 1. The Morgan fingerprint density at radius 3 is 2.72 bits per heavy atom. The van der Waals surface area contributed by atoms with Gasteiger partial charge in [-0.1, -0.05) is 6.07 Å². The number of anilines is 1. The number of nitrogens with zero attached hydrogens (tertiary/aromatic N) is 4. The van der Waals surface area contributed by atoms with Crippen LogP contribution in [0.4, 0.5) is 5.95 Å². The zero-order chi connectivity index (χ0) is 17.1. The van der Waals surface area contributed by atoms with E-state index in [2.05, 4.69) is 32.4 Å². The van der Waals surface area contributed by atoms with Crippen molar-refractivity contribution in [1.29, 1.82) is 0 Å². The summed E-state index contributed by atoms with van der Waals surface area (Å²) in [6.07, 6.45) is 5.94. The van der Waals surface area contributed by atoms with Crippen molar-refractivity contribution in [2.24, 2.45) is 0 Å². The van der Waals surface area contributed by atoms with E-state index in [1.165, 1.54) is 22.6 Å². The molecule has 4 heterocycles. The number of hydrogen-bond acceptors (Lipinski definition) is 5. The minimum absolute atomic E-state index is 0.284. The third-order valence-electron chi connectivity index (χ3n) is 5.22. The first-order chi connectivity index (χ1) is 12.3. The summed E-state index contributed by atoms with van der Waals surface area (Å²) in [5.74, 6) is 1.05. The average molecular weight is 358 g/mol. The van der Waals surface area contributed by atoms with Gasteiger partial charge >= 0.3 is 0 Å². The molecule has 0 spiro atoms. The van der Waals surface area contributed by atoms with Crippen molar-refractivity contribution in [3.8, 4) is 0 Å². The Balaban J connectivity index is 1.32. The number of carbonyl (C=O) groups excluding carboxylic acids is 1. The van der Waals surface area contributed by atoms with E-state index in [0.29, 0.717) is 12.6 Å². The van der Waals surface area contributed by atoms with Crippen LogP contribution in [0.25, 0.3) is 0 Å². The largest absolute Gasteiger partial charge is 0.337 e. The first-order valence-corrected chi connectivity index (χ1v) is 9.87. The lowest BCUT2D eigenvalue weighted by Gasteiger charge is -2.35. The number of rotatable bonds is 4. The standard InChI is InChI=1S/C18H23N5OS/c24-17(14-23-8-1-4-15(23)16-5-2-13-25-16)21-9-11-22(12-10-21)18-19-6-3-7-20-18/h2-3,5-7,13,15H,1,4,8-12,14H2/p+1/t15-/m1/s1. The van der Waals surface area contributed by atoms with Crippen LogP contribution in [0.3, 0.4) is 0 Å². The second-order valence-electron chi connectivity index (χ2n) is 6.71. The lowest BCUT2D eigenvalue weighted by molar-refractivity contribution is -0.910. The van der Waals surface area contributed by atoms with Gasteiger partial charge in [0.25, 0.3) is 5.91 Å². The molecule has 1 unspecified atom stereocenters. The number of quaternary nitrogens is 1. The van der Waals surface area contributed by atoms with Crippen molar-refractivity contribution in [2.75, 3.05) is 44.2 Å². The first-order valence-electron chi connectivity index (χ1n) is 8.99. The van der Waals surface area contributed by atoms with Crippen molar-refractivity contribution in [3.63, 3.8) is 0 Å². The van der Waals surface area contributed by atoms with E-state index >= 15 is 0 Å². The van der Waals surface area contributed by atoms with E-state index in [0.717, 1.165) is 38.7 Å². The second kappa shape index (κ2) is 7.49. The number of aromatic nitrogens is 2. The van der Waals surface area contributed by atoms with Gasteiger partial charge in [-0.2, -0.15) is 0 Å². The van der Waals surface area contributed by atoms with Crippen LogP contribution in [0.5, 0.6) is 0 Å². The van der Waals surface area contributed by atoms with Crippen molar-refractivity contribution in [1.82, 2.24) is 14.9 Å². The SMILES string of the molecule is O=C(C[NH+]1CCC[C@@H]1c1cccs1)N1CCN(c2ncccn2)CC1. The molecule has 0 saturated carbocycles. The van der Waals surface area contributed by atoms with Gasteiger partial charge in [-0.3, -0.25) is 4.79 Å². The van der Waals surface area contributed by atoms with E-state index in [1.807, 2.05) is 22.3 Å². The van der Waals surface area contributed by atoms with Crippen molar-refractivity contribution >= 4 is 23.2 Å². The summed E-state index contributed by atoms with van der Waals surface area (Å²) in [5.41, 5.74) is 0. The summed E-state index contributed by atoms with van der Waals surface area (Å²) in [7, 11) is 0. The first kappa shape index (κ1) is 16.5. The highest BCUT2D eigenvalue weighted by Gasteiger charge is 2.34. The quantitative estimate of drug-likeness (QED) is 0.870. The molecular weight excluding hydrogens is 334 g/mol. The number of carbonyl (C=O) groups is 1. The average Bonchev–Trinajstić information content (AvgIpc) is 3.34. The van der Waals surface area contributed by atoms with Crippen LogP contribution >= 0.6 is 11.3 Å². The predicted molar refractivity (Wildman–Crippen MR) is 97.8 cm³/mol. The maximum atomic E-state index is 12.8. The number of hydrogen-bond donors (Lipinski definition) is 1. The summed E-state index contributed by atoms with van der Waals surface area (Å²) in [6.45, 7) is 4.84. The summed E-state index contributed by atoms with van der Waals surface area (Å²) >= 11 is 1.82. The molecule has 7 heteroatoms. The topological polar surface area (TPSA) is 53.8 Å². The van der Waals surface area contributed by atoms with Crippen LogP contribution in [0.2, 0.25) is 0 Å². The van der Waals surface area contributed by atoms with Gasteiger partial charge in [0.15, 0.2) is 6.54 Å². The molecule has 25 heavy (non-hydrogen) atoms.